The van der Waals surface area contributed by atoms with Crippen molar-refractivity contribution in [3.63, 3.8) is 0 Å². The van der Waals surface area contributed by atoms with E-state index in [9.17, 15) is 18.8 Å². The van der Waals surface area contributed by atoms with E-state index >= 15 is 0 Å². The van der Waals surface area contributed by atoms with Crippen LogP contribution < -0.4 is 11.0 Å². The fraction of sp³-hybridized carbons (Fsp3) is 0.176. The first-order valence-electron chi connectivity index (χ1n) is 7.63. The number of aromatic nitrogens is 2. The minimum Gasteiger partial charge on any atom is -0.393 e. The molecule has 0 saturated heterocycles. The number of ether oxygens (including phenoxy) is 1. The van der Waals surface area contributed by atoms with Crippen molar-refractivity contribution in [1.29, 1.82) is 0 Å². The molecule has 2 N–H and O–H groups in total. The van der Waals surface area contributed by atoms with Crippen LogP contribution in [0.15, 0.2) is 59.3 Å². The topological polar surface area (TPSA) is 111 Å². The van der Waals surface area contributed by atoms with Crippen molar-refractivity contribution in [3.8, 4) is 0 Å². The molecular weight excluding hydrogens is 345 g/mol. The highest BCUT2D eigenvalue weighted by molar-refractivity contribution is 6.03. The molecule has 1 aromatic heterocycles. The average molecular weight is 359 g/mol. The minimum atomic E-state index is -1.39. The summed E-state index contributed by atoms with van der Waals surface area (Å²) in [5.41, 5.74) is -0.431. The van der Waals surface area contributed by atoms with Gasteiger partial charge in [0.25, 0.3) is 5.91 Å². The lowest BCUT2D eigenvalue weighted by molar-refractivity contribution is -0.140. The van der Waals surface area contributed by atoms with Crippen molar-refractivity contribution < 1.29 is 23.8 Å². The highest BCUT2D eigenvalue weighted by atomic mass is 19.1. The highest BCUT2D eigenvalue weighted by Gasteiger charge is 2.32. The maximum atomic E-state index is 13.6. The Bertz CT molecular complexity index is 925. The third-order valence-electron chi connectivity index (χ3n) is 3.67. The van der Waals surface area contributed by atoms with Crippen LogP contribution in [-0.4, -0.2) is 39.1 Å². The number of carbonyl (C=O) groups is 2. The fourth-order valence-corrected chi connectivity index (χ4v) is 2.36. The number of aliphatic hydroxyl groups excluding tert-OH is 1. The van der Waals surface area contributed by atoms with Gasteiger partial charge in [0.2, 0.25) is 5.78 Å². The van der Waals surface area contributed by atoms with Gasteiger partial charge in [-0.1, -0.05) is 18.2 Å². The summed E-state index contributed by atoms with van der Waals surface area (Å²) < 4.78 is 19.8. The van der Waals surface area contributed by atoms with Crippen molar-refractivity contribution in [1.82, 2.24) is 9.55 Å². The first kappa shape index (κ1) is 17.6. The molecule has 0 fully saturated rings. The number of ketones is 1. The smallest absolute Gasteiger partial charge is 0.351 e. The lowest BCUT2D eigenvalue weighted by Gasteiger charge is -2.25. The number of hydrogen-bond donors (Lipinski definition) is 2. The molecule has 0 unspecified atom stereocenters. The molecule has 1 aliphatic heterocycles. The number of nitrogens with one attached hydrogen (secondary N) is 1. The number of halogens is 1. The number of hydrogen-bond acceptors (Lipinski definition) is 6. The largest absolute Gasteiger partial charge is 0.393 e. The quantitative estimate of drug-likeness (QED) is 0.836. The summed E-state index contributed by atoms with van der Waals surface area (Å²) in [5, 5.41) is 11.6. The summed E-state index contributed by atoms with van der Waals surface area (Å²) in [4.78, 5) is 39.4. The predicted octanol–water partition coefficient (Wildman–Crippen LogP) is 0.808. The van der Waals surface area contributed by atoms with Gasteiger partial charge >= 0.3 is 5.69 Å². The van der Waals surface area contributed by atoms with E-state index in [2.05, 4.69) is 10.3 Å². The van der Waals surface area contributed by atoms with Gasteiger partial charge in [-0.3, -0.25) is 14.2 Å². The maximum Gasteiger partial charge on any atom is 0.351 e. The normalized spacial score (nSPS) is 19.8. The molecule has 1 amide bonds. The van der Waals surface area contributed by atoms with E-state index in [0.717, 1.165) is 10.6 Å². The van der Waals surface area contributed by atoms with Crippen molar-refractivity contribution in [2.24, 2.45) is 0 Å². The number of rotatable bonds is 4. The van der Waals surface area contributed by atoms with E-state index in [1.807, 2.05) is 0 Å². The van der Waals surface area contributed by atoms with E-state index in [4.69, 9.17) is 9.84 Å². The number of aliphatic hydroxyl groups is 1. The third-order valence-corrected chi connectivity index (χ3v) is 3.67. The summed E-state index contributed by atoms with van der Waals surface area (Å²) in [6.07, 6.45) is -0.563. The number of carbonyl (C=O) groups excluding carboxylic acids is 2. The number of amides is 1. The van der Waals surface area contributed by atoms with Crippen molar-refractivity contribution in [2.45, 2.75) is 12.3 Å². The van der Waals surface area contributed by atoms with Crippen LogP contribution in [0.2, 0.25) is 0 Å². The monoisotopic (exact) mass is 359 g/mol. The molecule has 9 heteroatoms. The summed E-state index contributed by atoms with van der Waals surface area (Å²) in [5.74, 6) is -2.53. The molecule has 2 aromatic rings. The average Bonchev–Trinajstić information content (AvgIpc) is 2.65. The van der Waals surface area contributed by atoms with Gasteiger partial charge in [-0.2, -0.15) is 4.98 Å². The SMILES string of the molecule is O=C(Nc1ccn([C@H]2C=C(F)C(=O)[C@@H](CO)O2)c(=O)n1)c1ccccc1. The number of Topliss-reactive ketones (excluding diaryl/α,β-unsaturated/α-hetero) is 1. The molecule has 2 atom stereocenters. The Morgan fingerprint density at radius 3 is 2.65 bits per heavy atom. The fourth-order valence-electron chi connectivity index (χ4n) is 2.36. The van der Waals surface area contributed by atoms with Gasteiger partial charge in [0.15, 0.2) is 12.1 Å². The molecule has 1 aliphatic rings. The Hall–Kier alpha value is -3.17. The zero-order chi connectivity index (χ0) is 18.7. The molecule has 26 heavy (non-hydrogen) atoms. The van der Waals surface area contributed by atoms with Crippen LogP contribution in [0.25, 0.3) is 0 Å². The van der Waals surface area contributed by atoms with Crippen LogP contribution in [0, 0.1) is 0 Å². The number of nitrogens with zero attached hydrogens (tertiary/aromatic N) is 2. The van der Waals surface area contributed by atoms with Gasteiger partial charge in [0, 0.05) is 17.8 Å². The standard InChI is InChI=1S/C17H14FN3O5/c18-11-8-14(26-12(9-22)15(11)23)21-7-6-13(20-17(21)25)19-16(24)10-4-2-1-3-5-10/h1-8,12,14,22H,9H2,(H,19,20,24,25)/t12-,14-/m1/s1. The Labute approximate surface area is 146 Å². The highest BCUT2D eigenvalue weighted by Crippen LogP contribution is 2.23. The molecule has 0 radical (unpaired) electrons. The van der Waals surface area contributed by atoms with Crippen molar-refractivity contribution in [2.75, 3.05) is 11.9 Å². The lowest BCUT2D eigenvalue weighted by atomic mass is 10.1. The second-order valence-electron chi connectivity index (χ2n) is 5.40. The van der Waals surface area contributed by atoms with Crippen LogP contribution in [0.3, 0.4) is 0 Å². The molecule has 2 heterocycles. The van der Waals surface area contributed by atoms with Crippen molar-refractivity contribution in [3.05, 3.63) is 70.5 Å². The third kappa shape index (κ3) is 3.58. The summed E-state index contributed by atoms with van der Waals surface area (Å²) in [6, 6.07) is 9.69. The Kier molecular flexibility index (Phi) is 5.01. The number of anilines is 1. The van der Waals surface area contributed by atoms with E-state index in [1.165, 1.54) is 12.3 Å². The molecule has 0 bridgehead atoms. The Balaban J connectivity index is 1.81. The van der Waals surface area contributed by atoms with Crippen LogP contribution in [0.5, 0.6) is 0 Å². The first-order chi connectivity index (χ1) is 12.5. The molecule has 0 spiro atoms. The molecule has 134 valence electrons. The van der Waals surface area contributed by atoms with Gasteiger partial charge in [0.05, 0.1) is 6.61 Å². The van der Waals surface area contributed by atoms with E-state index in [-0.39, 0.29) is 5.82 Å². The molecule has 8 nitrogen and oxygen atoms in total. The summed E-state index contributed by atoms with van der Waals surface area (Å²) in [6.45, 7) is -0.718. The van der Waals surface area contributed by atoms with E-state index in [1.54, 1.807) is 30.3 Å². The second kappa shape index (κ2) is 7.38. The van der Waals surface area contributed by atoms with Gasteiger partial charge < -0.3 is 15.2 Å². The number of benzene rings is 1. The molecular formula is C17H14FN3O5. The summed E-state index contributed by atoms with van der Waals surface area (Å²) in [7, 11) is 0. The Morgan fingerprint density at radius 1 is 1.27 bits per heavy atom. The van der Waals surface area contributed by atoms with Crippen LogP contribution in [0.1, 0.15) is 16.6 Å². The molecule has 1 aromatic carbocycles. The molecule has 0 saturated carbocycles. The van der Waals surface area contributed by atoms with Gasteiger partial charge in [-0.05, 0) is 18.2 Å². The van der Waals surface area contributed by atoms with Crippen LogP contribution in [0.4, 0.5) is 10.2 Å². The zero-order valence-electron chi connectivity index (χ0n) is 13.3. The minimum absolute atomic E-state index is 0.00940. The van der Waals surface area contributed by atoms with Gasteiger partial charge in [0.1, 0.15) is 11.9 Å². The first-order valence-corrected chi connectivity index (χ1v) is 7.63. The van der Waals surface area contributed by atoms with E-state index < -0.39 is 42.1 Å². The lowest BCUT2D eigenvalue weighted by Crippen LogP contribution is -2.38. The van der Waals surface area contributed by atoms with Crippen LogP contribution in [-0.2, 0) is 9.53 Å². The van der Waals surface area contributed by atoms with E-state index in [0.29, 0.717) is 5.56 Å². The maximum absolute atomic E-state index is 13.6. The molecule has 3 rings (SSSR count). The Morgan fingerprint density at radius 2 is 2.00 bits per heavy atom. The van der Waals surface area contributed by atoms with Crippen molar-refractivity contribution >= 4 is 17.5 Å². The summed E-state index contributed by atoms with van der Waals surface area (Å²) >= 11 is 0. The second-order valence-corrected chi connectivity index (χ2v) is 5.40. The van der Waals surface area contributed by atoms with Gasteiger partial charge in [-0.15, -0.1) is 0 Å². The van der Waals surface area contributed by atoms with Crippen LogP contribution >= 0.6 is 0 Å². The zero-order valence-corrected chi connectivity index (χ0v) is 13.3. The predicted molar refractivity (Wildman–Crippen MR) is 88.1 cm³/mol. The van der Waals surface area contributed by atoms with Gasteiger partial charge in [-0.25, -0.2) is 9.18 Å². The molecule has 0 aliphatic carbocycles.